The molecule has 1 saturated heterocycles. The minimum atomic E-state index is 0.152. The van der Waals surface area contributed by atoms with Crippen LogP contribution in [-0.2, 0) is 29.5 Å². The molecule has 1 aliphatic heterocycles. The third-order valence-electron chi connectivity index (χ3n) is 5.11. The van der Waals surface area contributed by atoms with Crippen molar-refractivity contribution in [3.05, 3.63) is 45.4 Å². The molecule has 0 spiro atoms. The van der Waals surface area contributed by atoms with Crippen molar-refractivity contribution in [1.82, 2.24) is 14.4 Å². The second-order valence-corrected chi connectivity index (χ2v) is 7.68. The first-order valence-corrected chi connectivity index (χ1v) is 9.53. The summed E-state index contributed by atoms with van der Waals surface area (Å²) >= 11 is 1.61. The molecule has 0 unspecified atom stereocenters. The molecule has 25 heavy (non-hydrogen) atoms. The van der Waals surface area contributed by atoms with E-state index in [2.05, 4.69) is 24.5 Å². The van der Waals surface area contributed by atoms with Crippen LogP contribution in [0.5, 0.6) is 0 Å². The van der Waals surface area contributed by atoms with Gasteiger partial charge in [0.1, 0.15) is 0 Å². The number of thiophene rings is 1. The Labute approximate surface area is 152 Å². The Morgan fingerprint density at radius 2 is 1.64 bits per heavy atom. The van der Waals surface area contributed by atoms with Gasteiger partial charge in [0.05, 0.1) is 12.8 Å². The van der Waals surface area contributed by atoms with E-state index in [0.717, 1.165) is 16.1 Å². The van der Waals surface area contributed by atoms with Crippen LogP contribution in [0.3, 0.4) is 0 Å². The second-order valence-electron chi connectivity index (χ2n) is 6.65. The van der Waals surface area contributed by atoms with E-state index >= 15 is 0 Å². The van der Waals surface area contributed by atoms with Crippen LogP contribution < -0.4 is 0 Å². The van der Waals surface area contributed by atoms with Crippen molar-refractivity contribution in [3.8, 4) is 0 Å². The Morgan fingerprint density at radius 3 is 2.12 bits per heavy atom. The zero-order chi connectivity index (χ0) is 18.0. The number of piperazine rings is 1. The highest BCUT2D eigenvalue weighted by Gasteiger charge is 2.25. The van der Waals surface area contributed by atoms with Crippen molar-refractivity contribution in [3.63, 3.8) is 0 Å². The van der Waals surface area contributed by atoms with Gasteiger partial charge in [-0.2, -0.15) is 0 Å². The molecule has 2 amide bonds. The summed E-state index contributed by atoms with van der Waals surface area (Å²) in [5.41, 5.74) is 3.42. The SMILES string of the molecule is Cc1cc(CC(=O)N2CCN(C(=O)Cc3cccs3)CC2)c(C)n1C. The molecule has 0 atom stereocenters. The lowest BCUT2D eigenvalue weighted by atomic mass is 10.1. The molecule has 0 N–H and O–H groups in total. The number of aromatic nitrogens is 1. The van der Waals surface area contributed by atoms with Gasteiger partial charge in [-0.25, -0.2) is 0 Å². The summed E-state index contributed by atoms with van der Waals surface area (Å²) in [5, 5.41) is 1.99. The monoisotopic (exact) mass is 359 g/mol. The third kappa shape index (κ3) is 3.95. The lowest BCUT2D eigenvalue weighted by Crippen LogP contribution is -2.51. The highest BCUT2D eigenvalue weighted by molar-refractivity contribution is 7.10. The molecule has 3 heterocycles. The number of carbonyl (C=O) groups excluding carboxylic acids is 2. The minimum absolute atomic E-state index is 0.152. The summed E-state index contributed by atoms with van der Waals surface area (Å²) in [4.78, 5) is 29.8. The molecule has 0 saturated carbocycles. The summed E-state index contributed by atoms with van der Waals surface area (Å²) in [6.45, 7) is 6.61. The molecule has 0 bridgehead atoms. The van der Waals surface area contributed by atoms with Crippen LogP contribution in [0, 0.1) is 13.8 Å². The first-order valence-electron chi connectivity index (χ1n) is 8.65. The maximum atomic E-state index is 12.6. The zero-order valence-electron chi connectivity index (χ0n) is 15.1. The van der Waals surface area contributed by atoms with Gasteiger partial charge >= 0.3 is 0 Å². The first-order chi connectivity index (χ1) is 12.0. The highest BCUT2D eigenvalue weighted by Crippen LogP contribution is 2.16. The van der Waals surface area contributed by atoms with Crippen molar-refractivity contribution in [2.75, 3.05) is 26.2 Å². The minimum Gasteiger partial charge on any atom is -0.352 e. The number of nitrogens with zero attached hydrogens (tertiary/aromatic N) is 3. The Kier molecular flexibility index (Phi) is 5.27. The summed E-state index contributed by atoms with van der Waals surface area (Å²) < 4.78 is 2.11. The molecular formula is C19H25N3O2S. The first kappa shape index (κ1) is 17.7. The van der Waals surface area contributed by atoms with Crippen LogP contribution in [0.1, 0.15) is 21.8 Å². The standard InChI is InChI=1S/C19H25N3O2S/c1-14-11-16(15(2)20(14)3)12-18(23)21-6-8-22(9-7-21)19(24)13-17-5-4-10-25-17/h4-5,10-11H,6-9,12-13H2,1-3H3. The fourth-order valence-corrected chi connectivity index (χ4v) is 3.96. The molecule has 1 fully saturated rings. The van der Waals surface area contributed by atoms with Gasteiger partial charge in [0.2, 0.25) is 11.8 Å². The van der Waals surface area contributed by atoms with Gasteiger partial charge < -0.3 is 14.4 Å². The average Bonchev–Trinajstić information content (AvgIpc) is 3.20. The Hall–Kier alpha value is -2.08. The predicted molar refractivity (Wildman–Crippen MR) is 99.8 cm³/mol. The van der Waals surface area contributed by atoms with Gasteiger partial charge in [-0.05, 0) is 36.9 Å². The van der Waals surface area contributed by atoms with E-state index in [9.17, 15) is 9.59 Å². The van der Waals surface area contributed by atoms with Crippen LogP contribution in [0.4, 0.5) is 0 Å². The predicted octanol–water partition coefficient (Wildman–Crippen LogP) is 2.16. The van der Waals surface area contributed by atoms with Gasteiger partial charge in [0, 0.05) is 49.5 Å². The highest BCUT2D eigenvalue weighted by atomic mass is 32.1. The summed E-state index contributed by atoms with van der Waals surface area (Å²) in [5.74, 6) is 0.308. The Morgan fingerprint density at radius 1 is 1.04 bits per heavy atom. The maximum Gasteiger partial charge on any atom is 0.227 e. The van der Waals surface area contributed by atoms with Crippen molar-refractivity contribution in [1.29, 1.82) is 0 Å². The van der Waals surface area contributed by atoms with Gasteiger partial charge in [0.15, 0.2) is 0 Å². The molecule has 2 aromatic heterocycles. The van der Waals surface area contributed by atoms with E-state index < -0.39 is 0 Å². The van der Waals surface area contributed by atoms with Crippen LogP contribution in [-0.4, -0.2) is 52.4 Å². The van der Waals surface area contributed by atoms with E-state index in [1.165, 1.54) is 5.69 Å². The fourth-order valence-electron chi connectivity index (χ4n) is 3.27. The van der Waals surface area contributed by atoms with E-state index in [1.807, 2.05) is 34.4 Å². The van der Waals surface area contributed by atoms with Crippen LogP contribution in [0.2, 0.25) is 0 Å². The summed E-state index contributed by atoms with van der Waals surface area (Å²) in [6.07, 6.45) is 0.907. The lowest BCUT2D eigenvalue weighted by Gasteiger charge is -2.35. The summed E-state index contributed by atoms with van der Waals surface area (Å²) in [6, 6.07) is 6.05. The van der Waals surface area contributed by atoms with Gasteiger partial charge in [-0.3, -0.25) is 9.59 Å². The number of carbonyl (C=O) groups is 2. The molecule has 5 nitrogen and oxygen atoms in total. The maximum absolute atomic E-state index is 12.6. The molecule has 0 aliphatic carbocycles. The van der Waals surface area contributed by atoms with Crippen molar-refractivity contribution >= 4 is 23.2 Å². The molecule has 3 rings (SSSR count). The van der Waals surface area contributed by atoms with Crippen molar-refractivity contribution in [2.24, 2.45) is 7.05 Å². The fraction of sp³-hybridized carbons (Fsp3) is 0.474. The van der Waals surface area contributed by atoms with E-state index in [4.69, 9.17) is 0 Å². The van der Waals surface area contributed by atoms with Gasteiger partial charge in [0.25, 0.3) is 0 Å². The second kappa shape index (κ2) is 7.44. The van der Waals surface area contributed by atoms with E-state index in [1.54, 1.807) is 11.3 Å². The van der Waals surface area contributed by atoms with Crippen LogP contribution in [0.15, 0.2) is 23.6 Å². The lowest BCUT2D eigenvalue weighted by molar-refractivity contribution is -0.138. The molecule has 134 valence electrons. The number of hydrogen-bond donors (Lipinski definition) is 0. The van der Waals surface area contributed by atoms with Crippen LogP contribution >= 0.6 is 11.3 Å². The zero-order valence-corrected chi connectivity index (χ0v) is 15.9. The van der Waals surface area contributed by atoms with Gasteiger partial charge in [-0.1, -0.05) is 6.07 Å². The Bertz CT molecular complexity index is 756. The molecular weight excluding hydrogens is 334 g/mol. The number of amides is 2. The van der Waals surface area contributed by atoms with Crippen LogP contribution in [0.25, 0.3) is 0 Å². The number of rotatable bonds is 4. The van der Waals surface area contributed by atoms with E-state index in [0.29, 0.717) is 39.0 Å². The number of aryl methyl sites for hydroxylation is 1. The molecule has 0 radical (unpaired) electrons. The molecule has 2 aromatic rings. The number of hydrogen-bond acceptors (Lipinski definition) is 3. The smallest absolute Gasteiger partial charge is 0.227 e. The quantitative estimate of drug-likeness (QED) is 0.840. The van der Waals surface area contributed by atoms with E-state index in [-0.39, 0.29) is 11.8 Å². The topological polar surface area (TPSA) is 45.6 Å². The largest absolute Gasteiger partial charge is 0.352 e. The normalized spacial score (nSPS) is 14.8. The third-order valence-corrected chi connectivity index (χ3v) is 5.99. The Balaban J connectivity index is 1.52. The average molecular weight is 359 g/mol. The van der Waals surface area contributed by atoms with Crippen molar-refractivity contribution in [2.45, 2.75) is 26.7 Å². The molecule has 6 heteroatoms. The van der Waals surface area contributed by atoms with Crippen molar-refractivity contribution < 1.29 is 9.59 Å². The molecule has 1 aliphatic rings. The summed E-state index contributed by atoms with van der Waals surface area (Å²) in [7, 11) is 2.02. The molecule has 0 aromatic carbocycles. The van der Waals surface area contributed by atoms with Gasteiger partial charge in [-0.15, -0.1) is 11.3 Å².